The number of pyridine rings is 1. The molecule has 0 aromatic carbocycles. The van der Waals surface area contributed by atoms with Crippen molar-refractivity contribution in [2.24, 2.45) is 5.73 Å². The summed E-state index contributed by atoms with van der Waals surface area (Å²) in [7, 11) is 0. The summed E-state index contributed by atoms with van der Waals surface area (Å²) in [5.74, 6) is 2.49. The average molecular weight is 160 g/mol. The molecule has 2 heteroatoms. The van der Waals surface area contributed by atoms with Gasteiger partial charge in [-0.05, 0) is 31.5 Å². The summed E-state index contributed by atoms with van der Waals surface area (Å²) >= 11 is 0. The van der Waals surface area contributed by atoms with Gasteiger partial charge in [-0.1, -0.05) is 5.92 Å². The van der Waals surface area contributed by atoms with Crippen molar-refractivity contribution in [2.45, 2.75) is 19.9 Å². The number of hydrogen-bond donors (Lipinski definition) is 1. The first-order valence-corrected chi connectivity index (χ1v) is 3.80. The number of nitrogens with two attached hydrogens (primary N) is 1. The minimum atomic E-state index is -0.314. The second-order valence-corrected chi connectivity index (χ2v) is 2.83. The molecule has 0 amide bonds. The van der Waals surface area contributed by atoms with Crippen LogP contribution in [0.15, 0.2) is 12.1 Å². The van der Waals surface area contributed by atoms with Crippen LogP contribution in [0, 0.1) is 26.2 Å². The maximum absolute atomic E-state index is 5.67. The molecule has 1 atom stereocenters. The summed E-state index contributed by atoms with van der Waals surface area (Å²) < 4.78 is 0. The van der Waals surface area contributed by atoms with Gasteiger partial charge >= 0.3 is 0 Å². The Hall–Kier alpha value is -1.33. The molecule has 2 nitrogen and oxygen atoms in total. The van der Waals surface area contributed by atoms with Gasteiger partial charge in [0.05, 0.1) is 6.04 Å². The molecule has 1 aromatic heterocycles. The molecule has 0 spiro atoms. The van der Waals surface area contributed by atoms with Crippen molar-refractivity contribution < 1.29 is 0 Å². The monoisotopic (exact) mass is 160 g/mol. The van der Waals surface area contributed by atoms with Gasteiger partial charge in [-0.3, -0.25) is 4.98 Å². The fourth-order valence-electron chi connectivity index (χ4n) is 1.14. The Labute approximate surface area is 72.8 Å². The van der Waals surface area contributed by atoms with Crippen molar-refractivity contribution >= 4 is 0 Å². The summed E-state index contributed by atoms with van der Waals surface area (Å²) in [4.78, 5) is 4.23. The molecule has 0 radical (unpaired) electrons. The van der Waals surface area contributed by atoms with Crippen LogP contribution in [0.3, 0.4) is 0 Å². The second-order valence-electron chi connectivity index (χ2n) is 2.83. The van der Waals surface area contributed by atoms with E-state index in [0.29, 0.717) is 0 Å². The van der Waals surface area contributed by atoms with Crippen LogP contribution in [-0.4, -0.2) is 4.98 Å². The molecule has 0 fully saturated rings. The van der Waals surface area contributed by atoms with Crippen molar-refractivity contribution in [3.05, 3.63) is 29.1 Å². The Morgan fingerprint density at radius 1 is 1.42 bits per heavy atom. The van der Waals surface area contributed by atoms with Crippen molar-refractivity contribution in [3.63, 3.8) is 0 Å². The number of terminal acetylenes is 1. The normalized spacial score (nSPS) is 12.2. The van der Waals surface area contributed by atoms with Gasteiger partial charge in [0.25, 0.3) is 0 Å². The molecule has 0 bridgehead atoms. The predicted octanol–water partition coefficient (Wildman–Crippen LogP) is 1.33. The number of hydrogen-bond acceptors (Lipinski definition) is 2. The van der Waals surface area contributed by atoms with E-state index in [9.17, 15) is 0 Å². The van der Waals surface area contributed by atoms with Gasteiger partial charge in [0.2, 0.25) is 0 Å². The molecule has 1 unspecified atom stereocenters. The fraction of sp³-hybridized carbons (Fsp3) is 0.300. The molecule has 62 valence electrons. The predicted molar refractivity (Wildman–Crippen MR) is 49.5 cm³/mol. The van der Waals surface area contributed by atoms with Crippen molar-refractivity contribution in [1.29, 1.82) is 0 Å². The van der Waals surface area contributed by atoms with E-state index in [1.165, 1.54) is 0 Å². The van der Waals surface area contributed by atoms with E-state index in [0.717, 1.165) is 17.0 Å². The van der Waals surface area contributed by atoms with Crippen LogP contribution in [0.25, 0.3) is 0 Å². The summed E-state index contributed by atoms with van der Waals surface area (Å²) in [6.07, 6.45) is 5.21. The van der Waals surface area contributed by atoms with E-state index in [2.05, 4.69) is 10.9 Å². The highest BCUT2D eigenvalue weighted by Crippen LogP contribution is 2.11. The summed E-state index contributed by atoms with van der Waals surface area (Å²) in [6, 6.07) is 3.51. The second kappa shape index (κ2) is 3.38. The zero-order valence-electron chi connectivity index (χ0n) is 7.33. The first-order valence-electron chi connectivity index (χ1n) is 3.80. The number of nitrogens with zero attached hydrogens (tertiary/aromatic N) is 1. The Kier molecular flexibility index (Phi) is 2.47. The van der Waals surface area contributed by atoms with E-state index < -0.39 is 0 Å². The molecule has 0 aliphatic carbocycles. The molecule has 1 aromatic rings. The van der Waals surface area contributed by atoms with E-state index in [1.807, 2.05) is 26.0 Å². The highest BCUT2D eigenvalue weighted by Gasteiger charge is 2.02. The average Bonchev–Trinajstić information content (AvgIpc) is 2.01. The first-order chi connectivity index (χ1) is 5.63. The Bertz CT molecular complexity index is 303. The molecule has 0 aliphatic heterocycles. The number of aryl methyl sites for hydroxylation is 2. The third-order valence-corrected chi connectivity index (χ3v) is 1.64. The van der Waals surface area contributed by atoms with Gasteiger partial charge in [0.1, 0.15) is 0 Å². The van der Waals surface area contributed by atoms with Gasteiger partial charge in [0, 0.05) is 11.4 Å². The largest absolute Gasteiger partial charge is 0.314 e. The summed E-state index contributed by atoms with van der Waals surface area (Å²) in [5, 5.41) is 0. The molecule has 0 aliphatic rings. The van der Waals surface area contributed by atoms with Crippen LogP contribution in [0.2, 0.25) is 0 Å². The fourth-order valence-corrected chi connectivity index (χ4v) is 1.14. The van der Waals surface area contributed by atoms with Gasteiger partial charge in [-0.2, -0.15) is 0 Å². The van der Waals surface area contributed by atoms with Crippen molar-refractivity contribution in [1.82, 2.24) is 4.98 Å². The Balaban J connectivity index is 3.10. The molecular formula is C10H12N2. The maximum Gasteiger partial charge on any atom is 0.0919 e. The SMILES string of the molecule is C#CC(N)c1cc(C)nc(C)c1. The van der Waals surface area contributed by atoms with Gasteiger partial charge < -0.3 is 5.73 Å². The summed E-state index contributed by atoms with van der Waals surface area (Å²) in [5.41, 5.74) is 8.54. The third kappa shape index (κ3) is 1.84. The van der Waals surface area contributed by atoms with Crippen LogP contribution in [-0.2, 0) is 0 Å². The van der Waals surface area contributed by atoms with E-state index in [-0.39, 0.29) is 6.04 Å². The molecular weight excluding hydrogens is 148 g/mol. The lowest BCUT2D eigenvalue weighted by Gasteiger charge is -2.06. The lowest BCUT2D eigenvalue weighted by Crippen LogP contribution is -2.08. The molecule has 0 saturated heterocycles. The topological polar surface area (TPSA) is 38.9 Å². The smallest absolute Gasteiger partial charge is 0.0919 e. The van der Waals surface area contributed by atoms with Crippen LogP contribution >= 0.6 is 0 Å². The Morgan fingerprint density at radius 3 is 2.33 bits per heavy atom. The first kappa shape index (κ1) is 8.76. The molecule has 12 heavy (non-hydrogen) atoms. The van der Waals surface area contributed by atoms with E-state index in [1.54, 1.807) is 0 Å². The number of rotatable bonds is 1. The minimum Gasteiger partial charge on any atom is -0.314 e. The van der Waals surface area contributed by atoms with E-state index >= 15 is 0 Å². The van der Waals surface area contributed by atoms with Crippen LogP contribution in [0.1, 0.15) is 23.0 Å². The standard InChI is InChI=1S/C10H12N2/c1-4-10(11)9-5-7(2)12-8(3)6-9/h1,5-6,10H,11H2,2-3H3. The van der Waals surface area contributed by atoms with Crippen molar-refractivity contribution in [2.75, 3.05) is 0 Å². The number of aromatic nitrogens is 1. The zero-order chi connectivity index (χ0) is 9.14. The van der Waals surface area contributed by atoms with Gasteiger partial charge in [-0.15, -0.1) is 6.42 Å². The van der Waals surface area contributed by atoms with Crippen LogP contribution in [0.4, 0.5) is 0 Å². The highest BCUT2D eigenvalue weighted by atomic mass is 14.7. The van der Waals surface area contributed by atoms with E-state index in [4.69, 9.17) is 12.2 Å². The molecule has 1 rings (SSSR count). The van der Waals surface area contributed by atoms with Crippen LogP contribution < -0.4 is 5.73 Å². The zero-order valence-corrected chi connectivity index (χ0v) is 7.33. The lowest BCUT2D eigenvalue weighted by molar-refractivity contribution is 0.926. The molecule has 1 heterocycles. The third-order valence-electron chi connectivity index (χ3n) is 1.64. The molecule has 0 saturated carbocycles. The van der Waals surface area contributed by atoms with Crippen molar-refractivity contribution in [3.8, 4) is 12.3 Å². The van der Waals surface area contributed by atoms with Crippen LogP contribution in [0.5, 0.6) is 0 Å². The van der Waals surface area contributed by atoms with Gasteiger partial charge in [-0.25, -0.2) is 0 Å². The Morgan fingerprint density at radius 2 is 1.92 bits per heavy atom. The highest BCUT2D eigenvalue weighted by molar-refractivity contribution is 5.28. The molecule has 2 N–H and O–H groups in total. The maximum atomic E-state index is 5.67. The minimum absolute atomic E-state index is 0.314. The summed E-state index contributed by atoms with van der Waals surface area (Å²) in [6.45, 7) is 3.86. The quantitative estimate of drug-likeness (QED) is 0.629. The van der Waals surface area contributed by atoms with Gasteiger partial charge in [0.15, 0.2) is 0 Å². The lowest BCUT2D eigenvalue weighted by atomic mass is 10.1.